The second kappa shape index (κ2) is 10.2. The molecule has 6 nitrogen and oxygen atoms in total. The molecule has 0 saturated carbocycles. The predicted octanol–water partition coefficient (Wildman–Crippen LogP) is 2.02. The lowest BCUT2D eigenvalue weighted by atomic mass is 10.1. The highest BCUT2D eigenvalue weighted by molar-refractivity contribution is 5.86. The predicted molar refractivity (Wildman–Crippen MR) is 98.4 cm³/mol. The Balaban J connectivity index is 1.97. The first-order chi connectivity index (χ1) is 12.6. The van der Waals surface area contributed by atoms with Gasteiger partial charge >= 0.3 is 6.09 Å². The van der Waals surface area contributed by atoms with Crippen molar-refractivity contribution in [3.63, 3.8) is 0 Å². The largest absolute Gasteiger partial charge is 0.445 e. The van der Waals surface area contributed by atoms with E-state index in [2.05, 4.69) is 10.6 Å². The van der Waals surface area contributed by atoms with E-state index in [1.165, 1.54) is 0 Å². The molecule has 2 aromatic rings. The molecule has 0 saturated heterocycles. The highest BCUT2D eigenvalue weighted by Crippen LogP contribution is 2.05. The van der Waals surface area contributed by atoms with Crippen molar-refractivity contribution in [3.8, 4) is 0 Å². The van der Waals surface area contributed by atoms with Gasteiger partial charge in [-0.15, -0.1) is 0 Å². The van der Waals surface area contributed by atoms with Crippen molar-refractivity contribution in [1.29, 1.82) is 0 Å². The molecule has 0 bridgehead atoms. The first-order valence-electron chi connectivity index (χ1n) is 8.51. The average molecular weight is 356 g/mol. The van der Waals surface area contributed by atoms with Crippen LogP contribution in [0.5, 0.6) is 0 Å². The molecule has 138 valence electrons. The maximum atomic E-state index is 12.4. The van der Waals surface area contributed by atoms with Crippen LogP contribution in [0.2, 0.25) is 0 Å². The SMILES string of the molecule is C[C@@H](CO)NC(=O)[C@H](Cc1ccccc1)NC(=O)OCc1ccccc1. The summed E-state index contributed by atoms with van der Waals surface area (Å²) in [5.74, 6) is -0.368. The third-order valence-electron chi connectivity index (χ3n) is 3.77. The van der Waals surface area contributed by atoms with Crippen LogP contribution in [0, 0.1) is 0 Å². The van der Waals surface area contributed by atoms with Gasteiger partial charge in [0.2, 0.25) is 5.91 Å². The zero-order chi connectivity index (χ0) is 18.8. The van der Waals surface area contributed by atoms with Gasteiger partial charge in [0.1, 0.15) is 12.6 Å². The van der Waals surface area contributed by atoms with Gasteiger partial charge in [-0.2, -0.15) is 0 Å². The van der Waals surface area contributed by atoms with E-state index < -0.39 is 18.2 Å². The molecule has 2 rings (SSSR count). The number of rotatable bonds is 8. The Morgan fingerprint density at radius 3 is 2.12 bits per heavy atom. The fourth-order valence-corrected chi connectivity index (χ4v) is 2.36. The number of hydrogen-bond acceptors (Lipinski definition) is 4. The van der Waals surface area contributed by atoms with Crippen LogP contribution in [0.15, 0.2) is 60.7 Å². The van der Waals surface area contributed by atoms with Gasteiger partial charge in [0.05, 0.1) is 6.61 Å². The third-order valence-corrected chi connectivity index (χ3v) is 3.77. The van der Waals surface area contributed by atoms with Gasteiger partial charge in [0, 0.05) is 12.5 Å². The van der Waals surface area contributed by atoms with Gasteiger partial charge in [0.15, 0.2) is 0 Å². The van der Waals surface area contributed by atoms with E-state index in [4.69, 9.17) is 9.84 Å². The topological polar surface area (TPSA) is 87.7 Å². The molecule has 6 heteroatoms. The zero-order valence-electron chi connectivity index (χ0n) is 14.7. The number of amides is 2. The Morgan fingerprint density at radius 2 is 1.54 bits per heavy atom. The number of hydrogen-bond donors (Lipinski definition) is 3. The minimum Gasteiger partial charge on any atom is -0.445 e. The number of carbonyl (C=O) groups excluding carboxylic acids is 2. The summed E-state index contributed by atoms with van der Waals surface area (Å²) < 4.78 is 5.20. The number of ether oxygens (including phenoxy) is 1. The van der Waals surface area contributed by atoms with Crippen LogP contribution >= 0.6 is 0 Å². The molecule has 0 radical (unpaired) electrons. The summed E-state index contributed by atoms with van der Waals surface area (Å²) in [6.45, 7) is 1.63. The van der Waals surface area contributed by atoms with Crippen LogP contribution in [0.25, 0.3) is 0 Å². The van der Waals surface area contributed by atoms with Gasteiger partial charge in [-0.25, -0.2) is 4.79 Å². The Labute approximate surface area is 153 Å². The molecule has 2 aromatic carbocycles. The summed E-state index contributed by atoms with van der Waals surface area (Å²) in [4.78, 5) is 24.5. The van der Waals surface area contributed by atoms with Gasteiger partial charge in [-0.1, -0.05) is 60.7 Å². The van der Waals surface area contributed by atoms with Crippen molar-refractivity contribution in [1.82, 2.24) is 10.6 Å². The number of benzene rings is 2. The van der Waals surface area contributed by atoms with E-state index in [-0.39, 0.29) is 19.1 Å². The van der Waals surface area contributed by atoms with E-state index in [0.29, 0.717) is 6.42 Å². The molecule has 0 unspecified atom stereocenters. The van der Waals surface area contributed by atoms with E-state index in [0.717, 1.165) is 11.1 Å². The molecule has 0 fully saturated rings. The number of nitrogens with one attached hydrogen (secondary N) is 2. The van der Waals surface area contributed by atoms with Crippen LogP contribution in [-0.2, 0) is 22.6 Å². The molecule has 26 heavy (non-hydrogen) atoms. The van der Waals surface area contributed by atoms with Crippen molar-refractivity contribution >= 4 is 12.0 Å². The average Bonchev–Trinajstić information content (AvgIpc) is 2.67. The maximum absolute atomic E-state index is 12.4. The molecule has 0 aromatic heterocycles. The Kier molecular flexibility index (Phi) is 7.64. The summed E-state index contributed by atoms with van der Waals surface area (Å²) >= 11 is 0. The van der Waals surface area contributed by atoms with Crippen LogP contribution in [0.4, 0.5) is 4.79 Å². The van der Waals surface area contributed by atoms with Crippen molar-refractivity contribution in [3.05, 3.63) is 71.8 Å². The monoisotopic (exact) mass is 356 g/mol. The minimum absolute atomic E-state index is 0.124. The zero-order valence-corrected chi connectivity index (χ0v) is 14.7. The van der Waals surface area contributed by atoms with Gasteiger partial charge in [0.25, 0.3) is 0 Å². The molecule has 2 atom stereocenters. The summed E-state index contributed by atoms with van der Waals surface area (Å²) in [7, 11) is 0. The molecular weight excluding hydrogens is 332 g/mol. The summed E-state index contributed by atoms with van der Waals surface area (Å²) in [6, 6.07) is 17.5. The summed E-state index contributed by atoms with van der Waals surface area (Å²) in [5, 5.41) is 14.4. The Bertz CT molecular complexity index is 691. The van der Waals surface area contributed by atoms with Crippen LogP contribution in [0.3, 0.4) is 0 Å². The highest BCUT2D eigenvalue weighted by Gasteiger charge is 2.23. The standard InChI is InChI=1S/C20H24N2O4/c1-15(13-23)21-19(24)18(12-16-8-4-2-5-9-16)22-20(25)26-14-17-10-6-3-7-11-17/h2-11,15,18,23H,12-14H2,1H3,(H,21,24)(H,22,25)/t15-,18-/m0/s1. The number of alkyl carbamates (subject to hydrolysis) is 1. The summed E-state index contributed by atoms with van der Waals surface area (Å²) in [5.41, 5.74) is 1.77. The second-order valence-corrected chi connectivity index (χ2v) is 6.04. The lowest BCUT2D eigenvalue weighted by Crippen LogP contribution is -2.50. The van der Waals surface area contributed by atoms with E-state index >= 15 is 0 Å². The van der Waals surface area contributed by atoms with Gasteiger partial charge in [-0.05, 0) is 18.1 Å². The number of carbonyl (C=O) groups is 2. The molecular formula is C20H24N2O4. The van der Waals surface area contributed by atoms with Crippen molar-refractivity contribution in [2.24, 2.45) is 0 Å². The van der Waals surface area contributed by atoms with E-state index in [9.17, 15) is 9.59 Å². The van der Waals surface area contributed by atoms with E-state index in [1.54, 1.807) is 6.92 Å². The van der Waals surface area contributed by atoms with Crippen molar-refractivity contribution < 1.29 is 19.4 Å². The normalized spacial score (nSPS) is 12.7. The Morgan fingerprint density at radius 1 is 0.962 bits per heavy atom. The first kappa shape index (κ1) is 19.5. The number of aliphatic hydroxyl groups excluding tert-OH is 1. The molecule has 0 heterocycles. The van der Waals surface area contributed by atoms with E-state index in [1.807, 2.05) is 60.7 Å². The lowest BCUT2D eigenvalue weighted by molar-refractivity contribution is -0.123. The third kappa shape index (κ3) is 6.57. The Hall–Kier alpha value is -2.86. The first-order valence-corrected chi connectivity index (χ1v) is 8.51. The van der Waals surface area contributed by atoms with Crippen LogP contribution in [-0.4, -0.2) is 35.8 Å². The number of aliphatic hydroxyl groups is 1. The second-order valence-electron chi connectivity index (χ2n) is 6.04. The molecule has 0 aliphatic heterocycles. The minimum atomic E-state index is -0.797. The smallest absolute Gasteiger partial charge is 0.408 e. The van der Waals surface area contributed by atoms with Gasteiger partial charge in [-0.3, -0.25) is 4.79 Å². The highest BCUT2D eigenvalue weighted by atomic mass is 16.5. The van der Waals surface area contributed by atoms with Crippen molar-refractivity contribution in [2.75, 3.05) is 6.61 Å². The molecule has 0 aliphatic carbocycles. The van der Waals surface area contributed by atoms with Gasteiger partial charge < -0.3 is 20.5 Å². The molecule has 0 spiro atoms. The quantitative estimate of drug-likeness (QED) is 0.675. The molecule has 2 amide bonds. The maximum Gasteiger partial charge on any atom is 0.408 e. The lowest BCUT2D eigenvalue weighted by Gasteiger charge is -2.20. The van der Waals surface area contributed by atoms with Crippen LogP contribution < -0.4 is 10.6 Å². The van der Waals surface area contributed by atoms with Crippen LogP contribution in [0.1, 0.15) is 18.1 Å². The molecule has 0 aliphatic rings. The molecule has 3 N–H and O–H groups in total. The fourth-order valence-electron chi connectivity index (χ4n) is 2.36. The fraction of sp³-hybridized carbons (Fsp3) is 0.300. The van der Waals surface area contributed by atoms with Crippen molar-refractivity contribution in [2.45, 2.75) is 32.0 Å². The summed E-state index contributed by atoms with van der Waals surface area (Å²) in [6.07, 6.45) is -0.341.